The van der Waals surface area contributed by atoms with Crippen molar-refractivity contribution in [2.24, 2.45) is 0 Å². The minimum atomic E-state index is -0.696. The molecule has 5 nitrogen and oxygen atoms in total. The zero-order valence-electron chi connectivity index (χ0n) is 22.7. The largest absolute Gasteiger partial charge is 0.483 e. The van der Waals surface area contributed by atoms with Crippen LogP contribution in [0.4, 0.5) is 0 Å². The van der Waals surface area contributed by atoms with Gasteiger partial charge in [0.15, 0.2) is 6.61 Å². The molecule has 0 heterocycles. The molecule has 0 saturated heterocycles. The van der Waals surface area contributed by atoms with Gasteiger partial charge in [-0.1, -0.05) is 97.4 Å². The van der Waals surface area contributed by atoms with E-state index in [1.165, 1.54) is 0 Å². The van der Waals surface area contributed by atoms with Crippen molar-refractivity contribution in [2.45, 2.75) is 52.2 Å². The van der Waals surface area contributed by atoms with Crippen LogP contribution in [0.25, 0.3) is 10.8 Å². The number of amides is 2. The van der Waals surface area contributed by atoms with Crippen LogP contribution >= 0.6 is 15.9 Å². The second-order valence-corrected chi connectivity index (χ2v) is 10.7. The van der Waals surface area contributed by atoms with Crippen molar-refractivity contribution in [1.29, 1.82) is 0 Å². The summed E-state index contributed by atoms with van der Waals surface area (Å²) in [6, 6.07) is 29.0. The molecule has 0 bridgehead atoms. The van der Waals surface area contributed by atoms with Crippen LogP contribution in [-0.4, -0.2) is 35.4 Å². The molecule has 4 rings (SSSR count). The van der Waals surface area contributed by atoms with E-state index in [4.69, 9.17) is 4.74 Å². The molecular formula is C33H35BrN2O3. The Morgan fingerprint density at radius 2 is 1.64 bits per heavy atom. The Morgan fingerprint density at radius 3 is 2.38 bits per heavy atom. The Labute approximate surface area is 239 Å². The Kier molecular flexibility index (Phi) is 9.77. The summed E-state index contributed by atoms with van der Waals surface area (Å²) in [5, 5.41) is 5.19. The summed E-state index contributed by atoms with van der Waals surface area (Å²) in [6.45, 7) is 6.14. The zero-order chi connectivity index (χ0) is 27.8. The first-order chi connectivity index (χ1) is 18.9. The first-order valence-electron chi connectivity index (χ1n) is 13.3. The molecule has 0 aliphatic heterocycles. The van der Waals surface area contributed by atoms with Gasteiger partial charge in [-0.05, 0) is 64.2 Å². The number of nitrogens with zero attached hydrogens (tertiary/aromatic N) is 1. The lowest BCUT2D eigenvalue weighted by atomic mass is 10.0. The Balaban J connectivity index is 1.64. The van der Waals surface area contributed by atoms with E-state index in [9.17, 15) is 9.59 Å². The van der Waals surface area contributed by atoms with Crippen LogP contribution in [0.5, 0.6) is 5.75 Å². The average Bonchev–Trinajstić information content (AvgIpc) is 2.95. The van der Waals surface area contributed by atoms with Crippen LogP contribution in [0, 0.1) is 6.92 Å². The van der Waals surface area contributed by atoms with E-state index in [-0.39, 0.29) is 24.5 Å². The smallest absolute Gasteiger partial charge is 0.261 e. The molecule has 0 aliphatic rings. The van der Waals surface area contributed by atoms with E-state index in [2.05, 4.69) is 21.2 Å². The third-order valence-electron chi connectivity index (χ3n) is 6.89. The first-order valence-corrected chi connectivity index (χ1v) is 14.1. The number of fused-ring (bicyclic) bond motifs is 1. The van der Waals surface area contributed by atoms with Gasteiger partial charge in [0.2, 0.25) is 5.91 Å². The zero-order valence-corrected chi connectivity index (χ0v) is 24.3. The molecule has 0 fully saturated rings. The SMILES string of the molecule is CC[C@H](C)NC(=O)[C@@H](Cc1ccccc1)N(Cc1cccc(C)c1)C(=O)COc1ccc2ccccc2c1Br. The topological polar surface area (TPSA) is 58.6 Å². The van der Waals surface area contributed by atoms with E-state index in [0.717, 1.165) is 38.4 Å². The fourth-order valence-electron chi connectivity index (χ4n) is 4.55. The van der Waals surface area contributed by atoms with Crippen LogP contribution in [0.1, 0.15) is 37.0 Å². The van der Waals surface area contributed by atoms with Crippen molar-refractivity contribution in [3.8, 4) is 5.75 Å². The van der Waals surface area contributed by atoms with Gasteiger partial charge in [-0.15, -0.1) is 0 Å². The fraction of sp³-hybridized carbons (Fsp3) is 0.273. The molecule has 202 valence electrons. The number of benzene rings is 4. The summed E-state index contributed by atoms with van der Waals surface area (Å²) in [5.41, 5.74) is 3.05. The maximum Gasteiger partial charge on any atom is 0.261 e. The highest BCUT2D eigenvalue weighted by Crippen LogP contribution is 2.33. The predicted octanol–water partition coefficient (Wildman–Crippen LogP) is 6.84. The molecule has 6 heteroatoms. The normalized spacial score (nSPS) is 12.5. The molecule has 0 radical (unpaired) electrons. The van der Waals surface area contributed by atoms with E-state index in [0.29, 0.717) is 18.7 Å². The number of carbonyl (C=O) groups is 2. The molecule has 0 spiro atoms. The molecular weight excluding hydrogens is 552 g/mol. The lowest BCUT2D eigenvalue weighted by Crippen LogP contribution is -2.53. The molecule has 0 unspecified atom stereocenters. The molecule has 4 aromatic carbocycles. The summed E-state index contributed by atoms with van der Waals surface area (Å²) < 4.78 is 6.86. The summed E-state index contributed by atoms with van der Waals surface area (Å²) in [6.07, 6.45) is 1.20. The van der Waals surface area contributed by atoms with E-state index < -0.39 is 6.04 Å². The van der Waals surface area contributed by atoms with Crippen molar-refractivity contribution in [3.63, 3.8) is 0 Å². The van der Waals surface area contributed by atoms with Gasteiger partial charge in [-0.25, -0.2) is 0 Å². The number of aryl methyl sites for hydroxylation is 1. The minimum Gasteiger partial charge on any atom is -0.483 e. The quantitative estimate of drug-likeness (QED) is 0.209. The molecule has 2 atom stereocenters. The number of rotatable bonds is 11. The first kappa shape index (κ1) is 28.4. The number of carbonyl (C=O) groups excluding carboxylic acids is 2. The van der Waals surface area contributed by atoms with Gasteiger partial charge in [0.1, 0.15) is 11.8 Å². The minimum absolute atomic E-state index is 0.00324. The van der Waals surface area contributed by atoms with Crippen LogP contribution < -0.4 is 10.1 Å². The van der Waals surface area contributed by atoms with Crippen LogP contribution in [0.15, 0.2) is 95.5 Å². The lowest BCUT2D eigenvalue weighted by Gasteiger charge is -2.32. The van der Waals surface area contributed by atoms with E-state index in [1.54, 1.807) is 4.90 Å². The van der Waals surface area contributed by atoms with Gasteiger partial charge < -0.3 is 15.0 Å². The third kappa shape index (κ3) is 7.48. The monoisotopic (exact) mass is 586 g/mol. The van der Waals surface area contributed by atoms with Crippen LogP contribution in [0.3, 0.4) is 0 Å². The van der Waals surface area contributed by atoms with Crippen molar-refractivity contribution in [2.75, 3.05) is 6.61 Å². The van der Waals surface area contributed by atoms with Gasteiger partial charge in [-0.2, -0.15) is 0 Å². The van der Waals surface area contributed by atoms with Crippen molar-refractivity contribution >= 4 is 38.5 Å². The standard InChI is InChI=1S/C33H35BrN2O3/c1-4-24(3)35-33(38)29(20-25-12-6-5-7-13-25)36(21-26-14-10-11-23(2)19-26)31(37)22-39-30-18-17-27-15-8-9-16-28(27)32(30)34/h5-19,24,29H,4,20-22H2,1-3H3,(H,35,38)/t24-,29+/m0/s1. The number of hydrogen-bond acceptors (Lipinski definition) is 3. The van der Waals surface area contributed by atoms with Crippen molar-refractivity contribution in [1.82, 2.24) is 10.2 Å². The second kappa shape index (κ2) is 13.4. The maximum absolute atomic E-state index is 13.9. The van der Waals surface area contributed by atoms with Crippen LogP contribution in [-0.2, 0) is 22.6 Å². The van der Waals surface area contributed by atoms with E-state index >= 15 is 0 Å². The van der Waals surface area contributed by atoms with Gasteiger partial charge in [0.25, 0.3) is 5.91 Å². The van der Waals surface area contributed by atoms with Gasteiger partial charge in [0.05, 0.1) is 4.47 Å². The van der Waals surface area contributed by atoms with Crippen molar-refractivity contribution < 1.29 is 14.3 Å². The molecule has 39 heavy (non-hydrogen) atoms. The lowest BCUT2D eigenvalue weighted by molar-refractivity contribution is -0.143. The highest BCUT2D eigenvalue weighted by atomic mass is 79.9. The third-order valence-corrected chi connectivity index (χ3v) is 7.70. The van der Waals surface area contributed by atoms with Gasteiger partial charge >= 0.3 is 0 Å². The Bertz CT molecular complexity index is 1420. The number of nitrogens with one attached hydrogen (secondary N) is 1. The highest BCUT2D eigenvalue weighted by Gasteiger charge is 2.31. The molecule has 0 saturated carbocycles. The number of ether oxygens (including phenoxy) is 1. The summed E-state index contributed by atoms with van der Waals surface area (Å²) in [5.74, 6) is 0.166. The Hall–Kier alpha value is -3.64. The van der Waals surface area contributed by atoms with Gasteiger partial charge in [0, 0.05) is 19.0 Å². The van der Waals surface area contributed by atoms with Crippen molar-refractivity contribution in [3.05, 3.63) is 112 Å². The maximum atomic E-state index is 13.9. The second-order valence-electron chi connectivity index (χ2n) is 9.92. The average molecular weight is 588 g/mol. The number of halogens is 1. The number of hydrogen-bond donors (Lipinski definition) is 1. The molecule has 1 N–H and O–H groups in total. The molecule has 4 aromatic rings. The summed E-state index contributed by atoms with van der Waals surface area (Å²) in [4.78, 5) is 29.2. The highest BCUT2D eigenvalue weighted by molar-refractivity contribution is 9.10. The van der Waals surface area contributed by atoms with Gasteiger partial charge in [-0.3, -0.25) is 9.59 Å². The fourth-order valence-corrected chi connectivity index (χ4v) is 5.16. The van der Waals surface area contributed by atoms with E-state index in [1.807, 2.05) is 112 Å². The molecule has 0 aliphatic carbocycles. The summed E-state index contributed by atoms with van der Waals surface area (Å²) in [7, 11) is 0. The summed E-state index contributed by atoms with van der Waals surface area (Å²) >= 11 is 3.65. The van der Waals surface area contributed by atoms with Crippen LogP contribution in [0.2, 0.25) is 0 Å². The molecule has 0 aromatic heterocycles. The predicted molar refractivity (Wildman–Crippen MR) is 161 cm³/mol. The molecule has 2 amide bonds. The Morgan fingerprint density at radius 1 is 0.923 bits per heavy atom.